The van der Waals surface area contributed by atoms with Crippen LogP contribution in [0.1, 0.15) is 36.0 Å². The number of aryl methyl sites for hydroxylation is 2. The number of benzene rings is 2. The third-order valence-electron chi connectivity index (χ3n) is 5.92. The van der Waals surface area contributed by atoms with Gasteiger partial charge in [0, 0.05) is 6.61 Å². The first-order valence-electron chi connectivity index (χ1n) is 11.7. The summed E-state index contributed by atoms with van der Waals surface area (Å²) in [6.07, 6.45) is 2.03. The minimum absolute atomic E-state index is 0.0748. The molecule has 36 heavy (non-hydrogen) atoms. The average Bonchev–Trinajstić information content (AvgIpc) is 3.33. The summed E-state index contributed by atoms with van der Waals surface area (Å²) in [6, 6.07) is 7.16. The van der Waals surface area contributed by atoms with E-state index in [2.05, 4.69) is 4.72 Å². The van der Waals surface area contributed by atoms with E-state index in [1.54, 1.807) is 44.2 Å². The predicted octanol–water partition coefficient (Wildman–Crippen LogP) is 2.97. The summed E-state index contributed by atoms with van der Waals surface area (Å²) in [5.41, 5.74) is 1.65. The standard InChI is InChI=1S/C25H31NO9S/c1-16-10-19(30-3)11-17(2)24(16)36(28,29)26-20(14-32-23-6-4-5-9-31-23)25(27)33-13-18-7-8-21-22(12-18)35-15-34-21/h7-8,10-12,20,23,26H,4-6,9,13-15H2,1-3H3/t20-,23?/m1/s1. The van der Waals surface area contributed by atoms with Crippen molar-refractivity contribution in [2.24, 2.45) is 0 Å². The minimum atomic E-state index is -4.10. The molecule has 10 nitrogen and oxygen atoms in total. The lowest BCUT2D eigenvalue weighted by atomic mass is 10.1. The largest absolute Gasteiger partial charge is 0.497 e. The van der Waals surface area contributed by atoms with Gasteiger partial charge in [0.15, 0.2) is 17.8 Å². The van der Waals surface area contributed by atoms with E-state index in [0.29, 0.717) is 47.0 Å². The van der Waals surface area contributed by atoms with Crippen LogP contribution < -0.4 is 18.9 Å². The van der Waals surface area contributed by atoms with E-state index < -0.39 is 28.3 Å². The predicted molar refractivity (Wildman–Crippen MR) is 128 cm³/mol. The molecule has 0 saturated carbocycles. The second-order valence-electron chi connectivity index (χ2n) is 8.69. The van der Waals surface area contributed by atoms with Gasteiger partial charge in [-0.05, 0) is 74.1 Å². The molecule has 1 unspecified atom stereocenters. The Bertz CT molecular complexity index is 1170. The van der Waals surface area contributed by atoms with Crippen molar-refractivity contribution in [3.63, 3.8) is 0 Å². The smallest absolute Gasteiger partial charge is 0.326 e. The molecule has 2 aromatic carbocycles. The zero-order valence-electron chi connectivity index (χ0n) is 20.6. The number of rotatable bonds is 10. The van der Waals surface area contributed by atoms with E-state index in [4.69, 9.17) is 28.4 Å². The van der Waals surface area contributed by atoms with Gasteiger partial charge in [0.2, 0.25) is 16.8 Å². The minimum Gasteiger partial charge on any atom is -0.497 e. The highest BCUT2D eigenvalue weighted by Crippen LogP contribution is 2.32. The van der Waals surface area contributed by atoms with E-state index in [1.165, 1.54) is 7.11 Å². The number of sulfonamides is 1. The molecule has 2 aliphatic rings. The summed E-state index contributed by atoms with van der Waals surface area (Å²) in [5, 5.41) is 0. The highest BCUT2D eigenvalue weighted by atomic mass is 32.2. The van der Waals surface area contributed by atoms with Crippen molar-refractivity contribution in [2.45, 2.75) is 56.9 Å². The first-order chi connectivity index (χ1) is 17.3. The monoisotopic (exact) mass is 521 g/mol. The van der Waals surface area contributed by atoms with Crippen LogP contribution in [0, 0.1) is 13.8 Å². The van der Waals surface area contributed by atoms with Crippen molar-refractivity contribution in [3.8, 4) is 17.2 Å². The van der Waals surface area contributed by atoms with Crippen LogP contribution in [0.15, 0.2) is 35.2 Å². The molecule has 1 saturated heterocycles. The lowest BCUT2D eigenvalue weighted by molar-refractivity contribution is -0.173. The maximum atomic E-state index is 13.4. The number of hydrogen-bond acceptors (Lipinski definition) is 9. The molecule has 0 radical (unpaired) electrons. The van der Waals surface area contributed by atoms with Crippen LogP contribution in [0.3, 0.4) is 0 Å². The van der Waals surface area contributed by atoms with Gasteiger partial charge in [0.25, 0.3) is 0 Å². The van der Waals surface area contributed by atoms with Crippen molar-refractivity contribution >= 4 is 16.0 Å². The van der Waals surface area contributed by atoms with Crippen LogP contribution in [0.25, 0.3) is 0 Å². The Balaban J connectivity index is 1.49. The summed E-state index contributed by atoms with van der Waals surface area (Å²) < 4.78 is 61.9. The number of nitrogens with one attached hydrogen (secondary N) is 1. The topological polar surface area (TPSA) is 119 Å². The zero-order valence-corrected chi connectivity index (χ0v) is 21.4. The molecule has 4 rings (SSSR count). The first kappa shape index (κ1) is 26.2. The first-order valence-corrected chi connectivity index (χ1v) is 13.2. The van der Waals surface area contributed by atoms with Crippen LogP contribution in [-0.4, -0.2) is 53.8 Å². The van der Waals surface area contributed by atoms with E-state index in [0.717, 1.165) is 12.8 Å². The maximum absolute atomic E-state index is 13.4. The maximum Gasteiger partial charge on any atom is 0.326 e. The number of methoxy groups -OCH3 is 1. The Hall–Kier alpha value is -2.86. The third-order valence-corrected chi connectivity index (χ3v) is 7.70. The van der Waals surface area contributed by atoms with Gasteiger partial charge in [-0.25, -0.2) is 8.42 Å². The second kappa shape index (κ2) is 11.5. The van der Waals surface area contributed by atoms with Gasteiger partial charge in [0.1, 0.15) is 18.4 Å². The Morgan fingerprint density at radius 3 is 2.56 bits per heavy atom. The highest BCUT2D eigenvalue weighted by Gasteiger charge is 2.31. The van der Waals surface area contributed by atoms with Crippen molar-refractivity contribution in [2.75, 3.05) is 27.1 Å². The Kier molecular flexibility index (Phi) is 8.35. The summed E-state index contributed by atoms with van der Waals surface area (Å²) in [7, 11) is -2.59. The summed E-state index contributed by atoms with van der Waals surface area (Å²) in [5.74, 6) is 0.947. The van der Waals surface area contributed by atoms with E-state index >= 15 is 0 Å². The molecule has 196 valence electrons. The van der Waals surface area contributed by atoms with Gasteiger partial charge in [0.05, 0.1) is 18.6 Å². The fourth-order valence-corrected chi connectivity index (χ4v) is 5.80. The summed E-state index contributed by atoms with van der Waals surface area (Å²) in [6.45, 7) is 3.71. The Morgan fingerprint density at radius 2 is 1.86 bits per heavy atom. The van der Waals surface area contributed by atoms with E-state index in [1.807, 2.05) is 0 Å². The molecule has 2 atom stereocenters. The van der Waals surface area contributed by atoms with Crippen LogP contribution in [0.4, 0.5) is 0 Å². The molecule has 2 heterocycles. The number of ether oxygens (including phenoxy) is 6. The van der Waals surface area contributed by atoms with Gasteiger partial charge in [-0.2, -0.15) is 4.72 Å². The number of hydrogen-bond donors (Lipinski definition) is 1. The molecule has 1 N–H and O–H groups in total. The van der Waals surface area contributed by atoms with E-state index in [9.17, 15) is 13.2 Å². The fourth-order valence-electron chi connectivity index (χ4n) is 4.18. The molecule has 0 aliphatic carbocycles. The Labute approximate surface area is 210 Å². The van der Waals surface area contributed by atoms with Crippen molar-refractivity contribution in [1.29, 1.82) is 0 Å². The van der Waals surface area contributed by atoms with Crippen LogP contribution in [-0.2, 0) is 35.6 Å². The van der Waals surface area contributed by atoms with Gasteiger partial charge in [-0.3, -0.25) is 4.79 Å². The number of fused-ring (bicyclic) bond motifs is 1. The SMILES string of the molecule is COc1cc(C)c(S(=O)(=O)N[C@H](COC2CCCCO2)C(=O)OCc2ccc3c(c2)OCO3)c(C)c1. The molecule has 1 fully saturated rings. The lowest BCUT2D eigenvalue weighted by Gasteiger charge is -2.25. The summed E-state index contributed by atoms with van der Waals surface area (Å²) in [4.78, 5) is 13.1. The molecule has 2 aliphatic heterocycles. The molecule has 0 bridgehead atoms. The van der Waals surface area contributed by atoms with Gasteiger partial charge in [-0.15, -0.1) is 0 Å². The summed E-state index contributed by atoms with van der Waals surface area (Å²) >= 11 is 0. The number of esters is 1. The average molecular weight is 522 g/mol. The molecule has 0 amide bonds. The Morgan fingerprint density at radius 1 is 1.11 bits per heavy atom. The lowest BCUT2D eigenvalue weighted by Crippen LogP contribution is -2.46. The quantitative estimate of drug-likeness (QED) is 0.471. The van der Waals surface area contributed by atoms with Crippen LogP contribution >= 0.6 is 0 Å². The zero-order chi connectivity index (χ0) is 25.7. The van der Waals surface area contributed by atoms with Crippen LogP contribution in [0.2, 0.25) is 0 Å². The molecule has 11 heteroatoms. The number of carbonyl (C=O) groups excluding carboxylic acids is 1. The molecular weight excluding hydrogens is 490 g/mol. The fraction of sp³-hybridized carbons (Fsp3) is 0.480. The molecule has 0 aromatic heterocycles. The van der Waals surface area contributed by atoms with Crippen molar-refractivity contribution in [1.82, 2.24) is 4.72 Å². The number of carbonyl (C=O) groups is 1. The second-order valence-corrected chi connectivity index (χ2v) is 10.3. The third kappa shape index (κ3) is 6.28. The van der Waals surface area contributed by atoms with Crippen molar-refractivity contribution in [3.05, 3.63) is 47.0 Å². The van der Waals surface area contributed by atoms with Crippen LogP contribution in [0.5, 0.6) is 17.2 Å². The highest BCUT2D eigenvalue weighted by molar-refractivity contribution is 7.89. The molecule has 2 aromatic rings. The van der Waals surface area contributed by atoms with Gasteiger partial charge < -0.3 is 28.4 Å². The molecule has 0 spiro atoms. The van der Waals surface area contributed by atoms with Gasteiger partial charge in [-0.1, -0.05) is 6.07 Å². The van der Waals surface area contributed by atoms with Crippen molar-refractivity contribution < 1.29 is 41.6 Å². The normalized spacial score (nSPS) is 18.0. The molecular formula is C25H31NO9S. The van der Waals surface area contributed by atoms with E-state index in [-0.39, 0.29) is 24.9 Å². The van der Waals surface area contributed by atoms with Gasteiger partial charge >= 0.3 is 5.97 Å².